The van der Waals surface area contributed by atoms with E-state index in [1.54, 1.807) is 0 Å². The van der Waals surface area contributed by atoms with Crippen molar-refractivity contribution in [3.05, 3.63) is 34.1 Å². The fraction of sp³-hybridized carbons (Fsp3) is 0.571. The predicted molar refractivity (Wildman–Crippen MR) is 72.6 cm³/mol. The Morgan fingerprint density at radius 1 is 1.32 bits per heavy atom. The molecule has 0 aliphatic heterocycles. The standard InChI is InChI=1S/C14H19FN2O2/c1-9-4-3-5-10(2)14(9)16-12-8-11(15)6-7-13(12)17(18)19/h6-10,14,16H,3-5H2,1-2H3. The summed E-state index contributed by atoms with van der Waals surface area (Å²) in [7, 11) is 0. The average molecular weight is 266 g/mol. The van der Waals surface area contributed by atoms with Gasteiger partial charge in [0.1, 0.15) is 11.5 Å². The van der Waals surface area contributed by atoms with Gasteiger partial charge < -0.3 is 5.32 Å². The molecule has 2 unspecified atom stereocenters. The van der Waals surface area contributed by atoms with Crippen LogP contribution >= 0.6 is 0 Å². The molecular weight excluding hydrogens is 247 g/mol. The lowest BCUT2D eigenvalue weighted by Gasteiger charge is -2.35. The van der Waals surface area contributed by atoms with E-state index in [2.05, 4.69) is 19.2 Å². The minimum Gasteiger partial charge on any atom is -0.376 e. The van der Waals surface area contributed by atoms with Crippen LogP contribution in [0.5, 0.6) is 0 Å². The summed E-state index contributed by atoms with van der Waals surface area (Å²) in [6.07, 6.45) is 3.39. The van der Waals surface area contributed by atoms with Gasteiger partial charge in [-0.2, -0.15) is 0 Å². The summed E-state index contributed by atoms with van der Waals surface area (Å²) < 4.78 is 13.3. The molecule has 1 aliphatic rings. The third-order valence-corrected chi connectivity index (χ3v) is 4.02. The SMILES string of the molecule is CC1CCCC(C)C1Nc1cc(F)ccc1[N+](=O)[O-]. The van der Waals surface area contributed by atoms with Crippen molar-refractivity contribution in [3.63, 3.8) is 0 Å². The van der Waals surface area contributed by atoms with Gasteiger partial charge in [-0.3, -0.25) is 10.1 Å². The van der Waals surface area contributed by atoms with Gasteiger partial charge in [0, 0.05) is 18.2 Å². The molecule has 1 fully saturated rings. The number of hydrogen-bond donors (Lipinski definition) is 1. The summed E-state index contributed by atoms with van der Waals surface area (Å²) in [6.45, 7) is 4.27. The Hall–Kier alpha value is -1.65. The highest BCUT2D eigenvalue weighted by atomic mass is 19.1. The Morgan fingerprint density at radius 2 is 1.95 bits per heavy atom. The first kappa shape index (κ1) is 13.8. The predicted octanol–water partition coefficient (Wildman–Crippen LogP) is 3.97. The second kappa shape index (κ2) is 5.55. The quantitative estimate of drug-likeness (QED) is 0.665. The van der Waals surface area contributed by atoms with E-state index in [1.165, 1.54) is 18.6 Å². The number of rotatable bonds is 3. The van der Waals surface area contributed by atoms with E-state index in [9.17, 15) is 14.5 Å². The summed E-state index contributed by atoms with van der Waals surface area (Å²) in [5, 5.41) is 14.2. The Labute approximate surface area is 112 Å². The molecular formula is C14H19FN2O2. The Kier molecular flexibility index (Phi) is 4.02. The lowest BCUT2D eigenvalue weighted by molar-refractivity contribution is -0.384. The number of halogens is 1. The van der Waals surface area contributed by atoms with Crippen LogP contribution in [-0.2, 0) is 0 Å². The van der Waals surface area contributed by atoms with E-state index >= 15 is 0 Å². The molecule has 0 saturated heterocycles. The van der Waals surface area contributed by atoms with Crippen LogP contribution in [0.1, 0.15) is 33.1 Å². The number of hydrogen-bond acceptors (Lipinski definition) is 3. The van der Waals surface area contributed by atoms with Crippen molar-refractivity contribution >= 4 is 11.4 Å². The lowest BCUT2D eigenvalue weighted by atomic mass is 9.78. The number of anilines is 1. The number of nitrogens with one attached hydrogen (secondary N) is 1. The Bertz CT molecular complexity index is 469. The summed E-state index contributed by atoms with van der Waals surface area (Å²) in [6, 6.07) is 3.72. The minimum atomic E-state index is -0.472. The van der Waals surface area contributed by atoms with Gasteiger partial charge in [0.2, 0.25) is 0 Å². The number of nitro benzene ring substituents is 1. The number of nitrogens with zero attached hydrogens (tertiary/aromatic N) is 1. The van der Waals surface area contributed by atoms with Gasteiger partial charge in [-0.25, -0.2) is 4.39 Å². The molecule has 104 valence electrons. The summed E-state index contributed by atoms with van der Waals surface area (Å²) in [5.74, 6) is 0.419. The first-order valence-corrected chi connectivity index (χ1v) is 6.69. The summed E-state index contributed by atoms with van der Waals surface area (Å²) >= 11 is 0. The van der Waals surface area contributed by atoms with Crippen molar-refractivity contribution in [1.29, 1.82) is 0 Å². The van der Waals surface area contributed by atoms with Gasteiger partial charge in [-0.05, 0) is 30.7 Å². The second-order valence-corrected chi connectivity index (χ2v) is 5.47. The maximum Gasteiger partial charge on any atom is 0.292 e. The molecule has 0 bridgehead atoms. The molecule has 19 heavy (non-hydrogen) atoms. The van der Waals surface area contributed by atoms with Crippen molar-refractivity contribution in [2.24, 2.45) is 11.8 Å². The topological polar surface area (TPSA) is 55.2 Å². The zero-order valence-corrected chi connectivity index (χ0v) is 11.2. The van der Waals surface area contributed by atoms with Crippen LogP contribution in [0, 0.1) is 27.8 Å². The van der Waals surface area contributed by atoms with Gasteiger partial charge in [0.15, 0.2) is 0 Å². The highest BCUT2D eigenvalue weighted by Crippen LogP contribution is 2.34. The van der Waals surface area contributed by atoms with Gasteiger partial charge >= 0.3 is 0 Å². The van der Waals surface area contributed by atoms with Gasteiger partial charge in [-0.15, -0.1) is 0 Å². The van der Waals surface area contributed by atoms with Crippen LogP contribution in [-0.4, -0.2) is 11.0 Å². The van der Waals surface area contributed by atoms with Gasteiger partial charge in [0.25, 0.3) is 5.69 Å². The van der Waals surface area contributed by atoms with E-state index in [0.717, 1.165) is 18.9 Å². The van der Waals surface area contributed by atoms with E-state index in [1.807, 2.05) is 0 Å². The lowest BCUT2D eigenvalue weighted by Crippen LogP contribution is -2.37. The third-order valence-electron chi connectivity index (χ3n) is 4.02. The zero-order valence-electron chi connectivity index (χ0n) is 11.2. The van der Waals surface area contributed by atoms with Crippen molar-refractivity contribution in [3.8, 4) is 0 Å². The van der Waals surface area contributed by atoms with Crippen molar-refractivity contribution < 1.29 is 9.31 Å². The van der Waals surface area contributed by atoms with Crippen molar-refractivity contribution in [2.75, 3.05) is 5.32 Å². The molecule has 1 saturated carbocycles. The van der Waals surface area contributed by atoms with Gasteiger partial charge in [0.05, 0.1) is 4.92 Å². The molecule has 2 rings (SSSR count). The molecule has 1 N–H and O–H groups in total. The molecule has 0 spiro atoms. The van der Waals surface area contributed by atoms with Crippen molar-refractivity contribution in [1.82, 2.24) is 0 Å². The number of benzene rings is 1. The van der Waals surface area contributed by atoms with Crippen molar-refractivity contribution in [2.45, 2.75) is 39.2 Å². The number of nitro groups is 1. The smallest absolute Gasteiger partial charge is 0.292 e. The van der Waals surface area contributed by atoms with E-state index in [0.29, 0.717) is 11.8 Å². The molecule has 4 nitrogen and oxygen atoms in total. The van der Waals surface area contributed by atoms with E-state index in [-0.39, 0.29) is 17.4 Å². The highest BCUT2D eigenvalue weighted by molar-refractivity contribution is 5.62. The van der Waals surface area contributed by atoms with Crippen LogP contribution in [0.15, 0.2) is 18.2 Å². The first-order valence-electron chi connectivity index (χ1n) is 6.69. The zero-order chi connectivity index (χ0) is 14.0. The second-order valence-electron chi connectivity index (χ2n) is 5.47. The fourth-order valence-corrected chi connectivity index (χ4v) is 2.93. The Morgan fingerprint density at radius 3 is 2.53 bits per heavy atom. The molecule has 1 aliphatic carbocycles. The van der Waals surface area contributed by atoms with Gasteiger partial charge in [-0.1, -0.05) is 20.3 Å². The molecule has 2 atom stereocenters. The first-order chi connectivity index (χ1) is 8.99. The molecule has 5 heteroatoms. The molecule has 1 aromatic carbocycles. The molecule has 0 heterocycles. The van der Waals surface area contributed by atoms with E-state index < -0.39 is 10.7 Å². The molecule has 0 aromatic heterocycles. The summed E-state index contributed by atoms with van der Waals surface area (Å²) in [4.78, 5) is 10.5. The van der Waals surface area contributed by atoms with Crippen LogP contribution in [0.4, 0.5) is 15.8 Å². The fourth-order valence-electron chi connectivity index (χ4n) is 2.93. The molecule has 1 aromatic rings. The van der Waals surface area contributed by atoms with Crippen LogP contribution in [0.2, 0.25) is 0 Å². The largest absolute Gasteiger partial charge is 0.376 e. The maximum atomic E-state index is 13.3. The Balaban J connectivity index is 2.26. The molecule has 0 radical (unpaired) electrons. The monoisotopic (exact) mass is 266 g/mol. The average Bonchev–Trinajstić information content (AvgIpc) is 2.33. The highest BCUT2D eigenvalue weighted by Gasteiger charge is 2.29. The van der Waals surface area contributed by atoms with Crippen LogP contribution in [0.3, 0.4) is 0 Å². The third kappa shape index (κ3) is 3.03. The minimum absolute atomic E-state index is 0.0635. The van der Waals surface area contributed by atoms with Crippen LogP contribution < -0.4 is 5.32 Å². The normalized spacial score (nSPS) is 27.0. The molecule has 0 amide bonds. The maximum absolute atomic E-state index is 13.3. The van der Waals surface area contributed by atoms with Crippen LogP contribution in [0.25, 0.3) is 0 Å². The summed E-state index contributed by atoms with van der Waals surface area (Å²) in [5.41, 5.74) is 0.224. The van der Waals surface area contributed by atoms with E-state index in [4.69, 9.17) is 0 Å².